The van der Waals surface area contributed by atoms with Gasteiger partial charge in [-0.05, 0) is 70.3 Å². The molecule has 1 heterocycles. The molecule has 2 rings (SSSR count). The van der Waals surface area contributed by atoms with Gasteiger partial charge in [0.2, 0.25) is 0 Å². The molecule has 1 fully saturated rings. The fourth-order valence-electron chi connectivity index (χ4n) is 3.83. The number of nitrogens with two attached hydrogens (primary N) is 1. The lowest BCUT2D eigenvalue weighted by Crippen LogP contribution is -2.43. The Morgan fingerprint density at radius 1 is 1.35 bits per heavy atom. The first-order valence-electron chi connectivity index (χ1n) is 10.8. The number of piperidine rings is 1. The molecule has 1 saturated heterocycles. The van der Waals surface area contributed by atoms with E-state index in [0.29, 0.717) is 29.1 Å². The number of allylic oxidation sites excluding steroid dienone is 1. The van der Waals surface area contributed by atoms with Crippen molar-refractivity contribution in [2.24, 2.45) is 16.6 Å². The SMILES string of the molecule is C=C(O)NC(=C(N)c1ccc(C)cc1)C(=C/C=N)/N=C(\C)N[C@@H](CC)C1CCNCC1. The number of rotatable bonds is 9. The average Bonchev–Trinajstić information content (AvgIpc) is 2.76. The first-order chi connectivity index (χ1) is 14.8. The molecule has 7 heteroatoms. The van der Waals surface area contributed by atoms with Crippen LogP contribution in [0.2, 0.25) is 0 Å². The molecule has 1 atom stereocenters. The summed E-state index contributed by atoms with van der Waals surface area (Å²) < 4.78 is 0. The highest BCUT2D eigenvalue weighted by Crippen LogP contribution is 2.22. The number of aryl methyl sites for hydroxylation is 1. The maximum atomic E-state index is 9.82. The van der Waals surface area contributed by atoms with Gasteiger partial charge in [0.15, 0.2) is 5.88 Å². The highest BCUT2D eigenvalue weighted by atomic mass is 16.3. The molecule has 1 aliphatic heterocycles. The Balaban J connectivity index is 2.37. The van der Waals surface area contributed by atoms with Crippen LogP contribution >= 0.6 is 0 Å². The average molecular weight is 425 g/mol. The minimum absolute atomic E-state index is 0.247. The van der Waals surface area contributed by atoms with E-state index in [-0.39, 0.29) is 5.88 Å². The summed E-state index contributed by atoms with van der Waals surface area (Å²) in [6, 6.07) is 8.08. The number of nitrogens with one attached hydrogen (secondary N) is 4. The second-order valence-corrected chi connectivity index (χ2v) is 7.89. The van der Waals surface area contributed by atoms with Gasteiger partial charge in [-0.2, -0.15) is 0 Å². The van der Waals surface area contributed by atoms with Crippen LogP contribution < -0.4 is 21.7 Å². The third-order valence-electron chi connectivity index (χ3n) is 5.47. The van der Waals surface area contributed by atoms with Crippen molar-refractivity contribution >= 4 is 17.7 Å². The molecule has 0 amide bonds. The van der Waals surface area contributed by atoms with Gasteiger partial charge in [0.25, 0.3) is 0 Å². The molecule has 1 aliphatic rings. The number of aliphatic imine (C=N–C) groups is 1. The van der Waals surface area contributed by atoms with Crippen LogP contribution in [0, 0.1) is 18.3 Å². The predicted octanol–water partition coefficient (Wildman–Crippen LogP) is 3.56. The summed E-state index contributed by atoms with van der Waals surface area (Å²) in [6.45, 7) is 11.7. The van der Waals surface area contributed by atoms with Crippen molar-refractivity contribution in [3.8, 4) is 0 Å². The van der Waals surface area contributed by atoms with Crippen molar-refractivity contribution in [3.05, 3.63) is 65.3 Å². The van der Waals surface area contributed by atoms with Gasteiger partial charge in [-0.3, -0.25) is 0 Å². The molecule has 1 aromatic rings. The van der Waals surface area contributed by atoms with Gasteiger partial charge in [-0.25, -0.2) is 4.99 Å². The Bertz CT molecular complexity index is 847. The molecule has 0 aliphatic carbocycles. The molecule has 7 N–H and O–H groups in total. The highest BCUT2D eigenvalue weighted by Gasteiger charge is 2.22. The molecule has 0 spiro atoms. The van der Waals surface area contributed by atoms with Gasteiger partial charge in [0, 0.05) is 12.3 Å². The lowest BCUT2D eigenvalue weighted by molar-refractivity contribution is 0.295. The number of aliphatic hydroxyl groups is 1. The standard InChI is InChI=1S/C24H36N6O/c1-5-21(19-11-14-27-15-12-19)28-17(3)29-22(10-13-25)24(30-18(4)31)23(26)20-8-6-16(2)7-9-20/h6-10,13,19,21,25,27,30-31H,4-5,11-12,14-15,26H2,1-3H3,(H,28,29)/b22-10-,24-23?,25-13?/t21-/m0/s1. The molecule has 31 heavy (non-hydrogen) atoms. The van der Waals surface area contributed by atoms with Gasteiger partial charge in [-0.1, -0.05) is 36.8 Å². The molecule has 0 unspecified atom stereocenters. The van der Waals surface area contributed by atoms with Crippen molar-refractivity contribution < 1.29 is 5.11 Å². The largest absolute Gasteiger partial charge is 0.495 e. The maximum Gasteiger partial charge on any atom is 0.181 e. The smallest absolute Gasteiger partial charge is 0.181 e. The summed E-state index contributed by atoms with van der Waals surface area (Å²) in [4.78, 5) is 4.71. The van der Waals surface area contributed by atoms with Crippen molar-refractivity contribution in [2.75, 3.05) is 13.1 Å². The second-order valence-electron chi connectivity index (χ2n) is 7.89. The fourth-order valence-corrected chi connectivity index (χ4v) is 3.83. The lowest BCUT2D eigenvalue weighted by atomic mass is 9.88. The number of amidine groups is 1. The number of hydrogen-bond donors (Lipinski definition) is 6. The van der Waals surface area contributed by atoms with Gasteiger partial charge in [0.05, 0.1) is 22.9 Å². The Kier molecular flexibility index (Phi) is 9.34. The Hall–Kier alpha value is -3.06. The van der Waals surface area contributed by atoms with Crippen LogP contribution in [0.15, 0.2) is 59.2 Å². The number of hydrogen-bond acceptors (Lipinski definition) is 6. The Morgan fingerprint density at radius 2 is 2.00 bits per heavy atom. The molecular formula is C24H36N6O. The van der Waals surface area contributed by atoms with Crippen LogP contribution in [0.25, 0.3) is 5.70 Å². The van der Waals surface area contributed by atoms with E-state index < -0.39 is 0 Å². The van der Waals surface area contributed by atoms with Crippen molar-refractivity contribution in [1.82, 2.24) is 16.0 Å². The summed E-state index contributed by atoms with van der Waals surface area (Å²) in [5.74, 6) is 1.08. The van der Waals surface area contributed by atoms with Gasteiger partial charge in [-0.15, -0.1) is 0 Å². The zero-order valence-corrected chi connectivity index (χ0v) is 18.8. The Morgan fingerprint density at radius 3 is 2.55 bits per heavy atom. The quantitative estimate of drug-likeness (QED) is 0.157. The predicted molar refractivity (Wildman–Crippen MR) is 130 cm³/mol. The first-order valence-corrected chi connectivity index (χ1v) is 10.8. The molecule has 0 radical (unpaired) electrons. The van der Waals surface area contributed by atoms with E-state index in [1.54, 1.807) is 6.08 Å². The normalized spacial score (nSPS) is 17.5. The van der Waals surface area contributed by atoms with Gasteiger partial charge in [0.1, 0.15) is 0 Å². The first kappa shape index (κ1) is 24.2. The van der Waals surface area contributed by atoms with Crippen molar-refractivity contribution in [2.45, 2.75) is 46.1 Å². The summed E-state index contributed by atoms with van der Waals surface area (Å²) in [7, 11) is 0. The summed E-state index contributed by atoms with van der Waals surface area (Å²) in [5.41, 5.74) is 9.59. The van der Waals surface area contributed by atoms with Gasteiger partial charge >= 0.3 is 0 Å². The van der Waals surface area contributed by atoms with Crippen LogP contribution in [-0.4, -0.2) is 36.3 Å². The lowest BCUT2D eigenvalue weighted by Gasteiger charge is -2.31. The zero-order valence-electron chi connectivity index (χ0n) is 18.8. The van der Waals surface area contributed by atoms with E-state index in [0.717, 1.165) is 55.5 Å². The molecule has 168 valence electrons. The van der Waals surface area contributed by atoms with Crippen LogP contribution in [0.5, 0.6) is 0 Å². The zero-order chi connectivity index (χ0) is 22.8. The van der Waals surface area contributed by atoms with E-state index in [4.69, 9.17) is 16.1 Å². The minimum atomic E-state index is -0.247. The molecular weight excluding hydrogens is 388 g/mol. The third kappa shape index (κ3) is 7.29. The highest BCUT2D eigenvalue weighted by molar-refractivity contribution is 5.84. The molecule has 1 aromatic carbocycles. The summed E-state index contributed by atoms with van der Waals surface area (Å²) >= 11 is 0. The fraction of sp³-hybridized carbons (Fsp3) is 0.417. The summed E-state index contributed by atoms with van der Waals surface area (Å²) in [5, 5.41) is 27.2. The van der Waals surface area contributed by atoms with Crippen molar-refractivity contribution in [1.29, 1.82) is 5.41 Å². The van der Waals surface area contributed by atoms with Crippen LogP contribution in [0.4, 0.5) is 0 Å². The van der Waals surface area contributed by atoms with E-state index in [2.05, 4.69) is 29.5 Å². The summed E-state index contributed by atoms with van der Waals surface area (Å²) in [6.07, 6.45) is 5.98. The number of benzene rings is 1. The van der Waals surface area contributed by atoms with Crippen LogP contribution in [0.3, 0.4) is 0 Å². The minimum Gasteiger partial charge on any atom is -0.495 e. The van der Waals surface area contributed by atoms with Gasteiger partial charge < -0.3 is 32.2 Å². The van der Waals surface area contributed by atoms with Crippen molar-refractivity contribution in [3.63, 3.8) is 0 Å². The van der Waals surface area contributed by atoms with E-state index in [9.17, 15) is 5.11 Å². The van der Waals surface area contributed by atoms with Crippen LogP contribution in [-0.2, 0) is 0 Å². The number of aliphatic hydroxyl groups excluding tert-OH is 1. The second kappa shape index (κ2) is 12.0. The third-order valence-corrected chi connectivity index (χ3v) is 5.47. The molecule has 0 bridgehead atoms. The molecule has 0 aromatic heterocycles. The number of nitrogens with zero attached hydrogens (tertiary/aromatic N) is 1. The van der Waals surface area contributed by atoms with E-state index in [1.165, 1.54) is 0 Å². The van der Waals surface area contributed by atoms with Crippen LogP contribution in [0.1, 0.15) is 44.2 Å². The molecule has 7 nitrogen and oxygen atoms in total. The topological polar surface area (TPSA) is 119 Å². The monoisotopic (exact) mass is 424 g/mol. The van der Waals surface area contributed by atoms with E-state index >= 15 is 0 Å². The molecule has 0 saturated carbocycles. The van der Waals surface area contributed by atoms with E-state index in [1.807, 2.05) is 38.1 Å². The maximum absolute atomic E-state index is 9.82. The Labute approximate surface area is 185 Å².